The van der Waals surface area contributed by atoms with E-state index in [2.05, 4.69) is 108 Å². The van der Waals surface area contributed by atoms with Crippen LogP contribution < -0.4 is 0 Å². The average Bonchev–Trinajstić information content (AvgIpc) is 3.48. The number of hydrogen-bond acceptors (Lipinski definition) is 3. The number of benzene rings is 5. The zero-order valence-corrected chi connectivity index (χ0v) is 24.0. The summed E-state index contributed by atoms with van der Waals surface area (Å²) < 4.78 is 1.30. The molecule has 8 rings (SSSR count). The van der Waals surface area contributed by atoms with Crippen LogP contribution in [-0.2, 0) is 0 Å². The van der Waals surface area contributed by atoms with E-state index in [0.717, 1.165) is 22.3 Å². The molecule has 8 aromatic rings. The smallest absolute Gasteiger partial charge is 0.0361 e. The Hall–Kier alpha value is -5.12. The van der Waals surface area contributed by atoms with E-state index < -0.39 is 0 Å². The fourth-order valence-corrected chi connectivity index (χ4v) is 7.48. The topological polar surface area (TPSA) is 25.8 Å². The van der Waals surface area contributed by atoms with Crippen molar-refractivity contribution in [3.8, 4) is 32.7 Å². The molecule has 3 heterocycles. The maximum atomic E-state index is 4.50. The van der Waals surface area contributed by atoms with Gasteiger partial charge in [-0.05, 0) is 103 Å². The molecule has 5 aromatic carbocycles. The van der Waals surface area contributed by atoms with Crippen molar-refractivity contribution in [2.75, 3.05) is 0 Å². The molecule has 0 radical (unpaired) electrons. The predicted octanol–water partition coefficient (Wildman–Crippen LogP) is 11.2. The van der Waals surface area contributed by atoms with E-state index in [1.54, 1.807) is 0 Å². The van der Waals surface area contributed by atoms with Gasteiger partial charge in [-0.3, -0.25) is 9.97 Å². The molecule has 0 unspecified atom stereocenters. The summed E-state index contributed by atoms with van der Waals surface area (Å²) >= 11 is 1.85. The number of thiophene rings is 1. The van der Waals surface area contributed by atoms with Gasteiger partial charge in [-0.1, -0.05) is 73.3 Å². The average molecular weight is 555 g/mol. The standard InChI is InChI=1S/C39H26N2S/c1-3-8-24(2)32-20-33(26-10-6-17-40-22-26)29-14-15-30-34(27-11-7-18-41-23-27)21-35(31-16-13-28(32)38(29)39(30)31)37-19-25-9-4-5-12-36(25)42-37/h3-23H,2H2,1H3/b8-3-. The molecule has 0 amide bonds. The van der Waals surface area contributed by atoms with Crippen LogP contribution in [0.4, 0.5) is 0 Å². The third kappa shape index (κ3) is 3.78. The Morgan fingerprint density at radius 3 is 1.93 bits per heavy atom. The van der Waals surface area contributed by atoms with Gasteiger partial charge in [-0.2, -0.15) is 0 Å². The molecular formula is C39H26N2S. The number of rotatable bonds is 5. The first kappa shape index (κ1) is 24.7. The zero-order chi connectivity index (χ0) is 28.2. The minimum absolute atomic E-state index is 0.998. The monoisotopic (exact) mass is 554 g/mol. The van der Waals surface area contributed by atoms with Crippen LogP contribution in [0.2, 0.25) is 0 Å². The first-order valence-corrected chi connectivity index (χ1v) is 14.9. The number of hydrogen-bond donors (Lipinski definition) is 0. The number of nitrogens with zero attached hydrogens (tertiary/aromatic N) is 2. The first-order chi connectivity index (χ1) is 20.7. The number of allylic oxidation sites excluding steroid dienone is 3. The van der Waals surface area contributed by atoms with Crippen LogP contribution >= 0.6 is 11.3 Å². The Bertz CT molecular complexity index is 2280. The summed E-state index contributed by atoms with van der Waals surface area (Å²) in [5.41, 5.74) is 7.96. The highest BCUT2D eigenvalue weighted by atomic mass is 32.1. The Kier molecular flexibility index (Phi) is 5.73. The molecule has 0 bridgehead atoms. The summed E-state index contributed by atoms with van der Waals surface area (Å²) in [7, 11) is 0. The molecule has 0 saturated carbocycles. The quantitative estimate of drug-likeness (QED) is 0.156. The van der Waals surface area contributed by atoms with Gasteiger partial charge in [0.15, 0.2) is 0 Å². The van der Waals surface area contributed by atoms with Gasteiger partial charge in [0.2, 0.25) is 0 Å². The van der Waals surface area contributed by atoms with Crippen molar-refractivity contribution in [1.82, 2.24) is 9.97 Å². The van der Waals surface area contributed by atoms with Crippen molar-refractivity contribution < 1.29 is 0 Å². The molecule has 0 atom stereocenters. The number of pyridine rings is 2. The fraction of sp³-hybridized carbons (Fsp3) is 0.0256. The van der Waals surface area contributed by atoms with E-state index in [0.29, 0.717) is 0 Å². The largest absolute Gasteiger partial charge is 0.264 e. The molecule has 0 aliphatic carbocycles. The molecule has 0 spiro atoms. The lowest BCUT2D eigenvalue weighted by Crippen LogP contribution is -1.95. The van der Waals surface area contributed by atoms with Crippen molar-refractivity contribution >= 4 is 59.3 Å². The minimum Gasteiger partial charge on any atom is -0.264 e. The van der Waals surface area contributed by atoms with Crippen molar-refractivity contribution in [3.05, 3.63) is 140 Å². The van der Waals surface area contributed by atoms with Gasteiger partial charge < -0.3 is 0 Å². The first-order valence-electron chi connectivity index (χ1n) is 14.1. The van der Waals surface area contributed by atoms with E-state index in [4.69, 9.17) is 0 Å². The normalized spacial score (nSPS) is 11.9. The summed E-state index contributed by atoms with van der Waals surface area (Å²) in [5, 5.41) is 8.73. The Morgan fingerprint density at radius 2 is 1.29 bits per heavy atom. The lowest BCUT2D eigenvalue weighted by Gasteiger charge is -2.21. The van der Waals surface area contributed by atoms with Crippen molar-refractivity contribution in [2.45, 2.75) is 6.92 Å². The SMILES string of the molecule is C=C(/C=C\C)c1cc(-c2cccnc2)c2ccc3c(-c4cccnc4)cc(-c4cc5ccccc5s4)c4ccc1c2c34. The Morgan fingerprint density at radius 1 is 0.667 bits per heavy atom. The lowest BCUT2D eigenvalue weighted by atomic mass is 9.83. The fourth-order valence-electron chi connectivity index (χ4n) is 6.39. The van der Waals surface area contributed by atoms with Gasteiger partial charge >= 0.3 is 0 Å². The van der Waals surface area contributed by atoms with Gasteiger partial charge in [-0.15, -0.1) is 11.3 Å². The molecule has 0 aliphatic heterocycles. The maximum absolute atomic E-state index is 4.50. The van der Waals surface area contributed by atoms with Crippen LogP contribution in [0.15, 0.2) is 135 Å². The second-order valence-electron chi connectivity index (χ2n) is 10.7. The zero-order valence-electron chi connectivity index (χ0n) is 23.1. The van der Waals surface area contributed by atoms with Crippen LogP contribution in [0, 0.1) is 0 Å². The van der Waals surface area contributed by atoms with Gasteiger partial charge in [0.25, 0.3) is 0 Å². The van der Waals surface area contributed by atoms with Crippen LogP contribution in [0.5, 0.6) is 0 Å². The van der Waals surface area contributed by atoms with Crippen molar-refractivity contribution in [2.24, 2.45) is 0 Å². The molecule has 3 heteroatoms. The summed E-state index contributed by atoms with van der Waals surface area (Å²) in [5.74, 6) is 0. The minimum atomic E-state index is 0.998. The van der Waals surface area contributed by atoms with Crippen LogP contribution in [0.1, 0.15) is 12.5 Å². The molecule has 3 aromatic heterocycles. The molecule has 198 valence electrons. The van der Waals surface area contributed by atoms with Crippen molar-refractivity contribution in [1.29, 1.82) is 0 Å². The third-order valence-corrected chi connectivity index (χ3v) is 9.40. The van der Waals surface area contributed by atoms with Gasteiger partial charge in [0.05, 0.1) is 0 Å². The van der Waals surface area contributed by atoms with Gasteiger partial charge in [0.1, 0.15) is 0 Å². The Labute approximate surface area is 248 Å². The number of aromatic nitrogens is 2. The summed E-state index contributed by atoms with van der Waals surface area (Å²) in [6.45, 7) is 6.52. The summed E-state index contributed by atoms with van der Waals surface area (Å²) in [4.78, 5) is 10.2. The molecule has 0 N–H and O–H groups in total. The molecular weight excluding hydrogens is 529 g/mol. The predicted molar refractivity (Wildman–Crippen MR) is 181 cm³/mol. The highest BCUT2D eigenvalue weighted by Crippen LogP contribution is 2.48. The van der Waals surface area contributed by atoms with E-state index in [1.807, 2.05) is 55.2 Å². The lowest BCUT2D eigenvalue weighted by molar-refractivity contribution is 1.33. The van der Waals surface area contributed by atoms with E-state index >= 15 is 0 Å². The van der Waals surface area contributed by atoms with E-state index in [9.17, 15) is 0 Å². The Balaban J connectivity index is 1.57. The molecule has 2 nitrogen and oxygen atoms in total. The summed E-state index contributed by atoms with van der Waals surface area (Å²) in [6, 6.07) is 33.1. The van der Waals surface area contributed by atoms with Crippen LogP contribution in [-0.4, -0.2) is 9.97 Å². The second-order valence-corrected chi connectivity index (χ2v) is 11.8. The molecule has 0 saturated heterocycles. The van der Waals surface area contributed by atoms with Crippen LogP contribution in [0.25, 0.3) is 80.7 Å². The van der Waals surface area contributed by atoms with E-state index in [-0.39, 0.29) is 0 Å². The second kappa shape index (κ2) is 9.76. The highest BCUT2D eigenvalue weighted by molar-refractivity contribution is 7.22. The molecule has 0 aliphatic rings. The van der Waals surface area contributed by atoms with Crippen molar-refractivity contribution in [3.63, 3.8) is 0 Å². The maximum Gasteiger partial charge on any atom is 0.0361 e. The highest BCUT2D eigenvalue weighted by Gasteiger charge is 2.21. The van der Waals surface area contributed by atoms with E-state index in [1.165, 1.54) is 64.0 Å². The van der Waals surface area contributed by atoms with Gasteiger partial charge in [-0.25, -0.2) is 0 Å². The third-order valence-electron chi connectivity index (χ3n) is 8.25. The molecule has 42 heavy (non-hydrogen) atoms. The van der Waals surface area contributed by atoms with Gasteiger partial charge in [0, 0.05) is 51.1 Å². The molecule has 0 fully saturated rings. The summed E-state index contributed by atoms with van der Waals surface area (Å²) in [6.07, 6.45) is 11.8. The number of fused-ring (bicyclic) bond motifs is 1. The van der Waals surface area contributed by atoms with Crippen LogP contribution in [0.3, 0.4) is 0 Å².